The van der Waals surface area contributed by atoms with Gasteiger partial charge in [-0.25, -0.2) is 8.42 Å². The Hall–Kier alpha value is -0.620. The van der Waals surface area contributed by atoms with Crippen molar-refractivity contribution in [2.24, 2.45) is 17.6 Å². The van der Waals surface area contributed by atoms with E-state index in [4.69, 9.17) is 5.73 Å². The summed E-state index contributed by atoms with van der Waals surface area (Å²) in [5, 5.41) is 2.76. The lowest BCUT2D eigenvalue weighted by molar-refractivity contribution is -0.121. The number of amides is 1. The molecule has 2 unspecified atom stereocenters. The smallest absolute Gasteiger partial charge is 0.221 e. The van der Waals surface area contributed by atoms with Crippen LogP contribution in [0.3, 0.4) is 0 Å². The molecule has 0 saturated carbocycles. The van der Waals surface area contributed by atoms with Crippen LogP contribution in [-0.2, 0) is 14.6 Å². The minimum Gasteiger partial charge on any atom is -0.356 e. The summed E-state index contributed by atoms with van der Waals surface area (Å²) < 4.78 is 22.4. The van der Waals surface area contributed by atoms with Crippen LogP contribution in [0.15, 0.2) is 0 Å². The molecule has 1 heterocycles. The van der Waals surface area contributed by atoms with E-state index < -0.39 is 9.84 Å². The van der Waals surface area contributed by atoms with E-state index >= 15 is 0 Å². The first-order valence-corrected chi connectivity index (χ1v) is 7.85. The number of carbonyl (C=O) groups is 1. The van der Waals surface area contributed by atoms with E-state index in [-0.39, 0.29) is 35.3 Å². The molecule has 1 amide bonds. The van der Waals surface area contributed by atoms with E-state index in [1.807, 2.05) is 13.8 Å². The summed E-state index contributed by atoms with van der Waals surface area (Å²) in [6.07, 6.45) is 0.954. The van der Waals surface area contributed by atoms with Gasteiger partial charge in [-0.3, -0.25) is 4.79 Å². The van der Waals surface area contributed by atoms with Gasteiger partial charge in [0.1, 0.15) is 0 Å². The van der Waals surface area contributed by atoms with Crippen LogP contribution in [0.25, 0.3) is 0 Å². The number of hydrogen-bond acceptors (Lipinski definition) is 4. The number of nitrogens with one attached hydrogen (secondary N) is 1. The topological polar surface area (TPSA) is 89.3 Å². The highest BCUT2D eigenvalue weighted by Crippen LogP contribution is 2.17. The van der Waals surface area contributed by atoms with E-state index in [2.05, 4.69) is 5.32 Å². The standard InChI is InChI=1S/C11H22N2O3S/c1-8(2)10(12)5-11(14)13-6-9-3-4-17(15,16)7-9/h8-10H,3-7,12H2,1-2H3,(H,13,14). The zero-order chi connectivity index (χ0) is 13.1. The van der Waals surface area contributed by atoms with Crippen LogP contribution >= 0.6 is 0 Å². The maximum Gasteiger partial charge on any atom is 0.221 e. The third-order valence-electron chi connectivity index (χ3n) is 3.19. The van der Waals surface area contributed by atoms with Crippen LogP contribution in [0.5, 0.6) is 0 Å². The van der Waals surface area contributed by atoms with Gasteiger partial charge in [-0.15, -0.1) is 0 Å². The van der Waals surface area contributed by atoms with Crippen molar-refractivity contribution in [1.29, 1.82) is 0 Å². The van der Waals surface area contributed by atoms with Crippen LogP contribution in [0.1, 0.15) is 26.7 Å². The van der Waals surface area contributed by atoms with Crippen molar-refractivity contribution in [1.82, 2.24) is 5.32 Å². The maximum atomic E-state index is 11.5. The van der Waals surface area contributed by atoms with E-state index in [0.29, 0.717) is 19.4 Å². The SMILES string of the molecule is CC(C)C(N)CC(=O)NCC1CCS(=O)(=O)C1. The Balaban J connectivity index is 2.25. The normalized spacial score (nSPS) is 24.8. The van der Waals surface area contributed by atoms with Crippen LogP contribution in [0.2, 0.25) is 0 Å². The van der Waals surface area contributed by atoms with Crippen molar-refractivity contribution < 1.29 is 13.2 Å². The molecule has 0 aromatic carbocycles. The summed E-state index contributed by atoms with van der Waals surface area (Å²) in [7, 11) is -2.86. The van der Waals surface area contributed by atoms with Gasteiger partial charge in [0.2, 0.25) is 5.91 Å². The molecule has 1 aliphatic heterocycles. The number of nitrogens with two attached hydrogens (primary N) is 1. The second-order valence-corrected chi connectivity index (χ2v) is 7.41. The average molecular weight is 262 g/mol. The molecule has 1 fully saturated rings. The van der Waals surface area contributed by atoms with Crippen molar-refractivity contribution in [3.8, 4) is 0 Å². The molecule has 0 spiro atoms. The lowest BCUT2D eigenvalue weighted by atomic mass is 10.0. The summed E-state index contributed by atoms with van der Waals surface area (Å²) in [4.78, 5) is 11.5. The fourth-order valence-electron chi connectivity index (χ4n) is 1.81. The second kappa shape index (κ2) is 5.82. The summed E-state index contributed by atoms with van der Waals surface area (Å²) >= 11 is 0. The van der Waals surface area contributed by atoms with E-state index in [1.165, 1.54) is 0 Å². The van der Waals surface area contributed by atoms with Crippen molar-refractivity contribution in [3.63, 3.8) is 0 Å². The van der Waals surface area contributed by atoms with Gasteiger partial charge in [-0.2, -0.15) is 0 Å². The fourth-order valence-corrected chi connectivity index (χ4v) is 3.67. The van der Waals surface area contributed by atoms with Crippen molar-refractivity contribution in [3.05, 3.63) is 0 Å². The monoisotopic (exact) mass is 262 g/mol. The van der Waals surface area contributed by atoms with Gasteiger partial charge in [0.25, 0.3) is 0 Å². The van der Waals surface area contributed by atoms with Gasteiger partial charge in [0, 0.05) is 19.0 Å². The molecule has 0 aromatic rings. The molecule has 100 valence electrons. The highest BCUT2D eigenvalue weighted by atomic mass is 32.2. The van der Waals surface area contributed by atoms with Gasteiger partial charge >= 0.3 is 0 Å². The molecule has 0 bridgehead atoms. The Morgan fingerprint density at radius 3 is 2.59 bits per heavy atom. The maximum absolute atomic E-state index is 11.5. The largest absolute Gasteiger partial charge is 0.356 e. The van der Waals surface area contributed by atoms with Crippen molar-refractivity contribution in [2.75, 3.05) is 18.1 Å². The van der Waals surface area contributed by atoms with E-state index in [1.54, 1.807) is 0 Å². The van der Waals surface area contributed by atoms with E-state index in [9.17, 15) is 13.2 Å². The zero-order valence-corrected chi connectivity index (χ0v) is 11.3. The first kappa shape index (κ1) is 14.4. The molecule has 1 aliphatic rings. The van der Waals surface area contributed by atoms with Crippen molar-refractivity contribution in [2.45, 2.75) is 32.7 Å². The highest BCUT2D eigenvalue weighted by Gasteiger charge is 2.28. The number of hydrogen-bond donors (Lipinski definition) is 2. The van der Waals surface area contributed by atoms with Crippen LogP contribution in [0, 0.1) is 11.8 Å². The molecule has 17 heavy (non-hydrogen) atoms. The predicted octanol–water partition coefficient (Wildman–Crippen LogP) is -0.0893. The quantitative estimate of drug-likeness (QED) is 0.724. The van der Waals surface area contributed by atoms with Crippen LogP contribution < -0.4 is 11.1 Å². The minimum atomic E-state index is -2.86. The van der Waals surface area contributed by atoms with Crippen LogP contribution in [-0.4, -0.2) is 38.4 Å². The van der Waals surface area contributed by atoms with Crippen LogP contribution in [0.4, 0.5) is 0 Å². The van der Waals surface area contributed by atoms with Gasteiger partial charge in [0.05, 0.1) is 11.5 Å². The van der Waals surface area contributed by atoms with Gasteiger partial charge in [-0.1, -0.05) is 13.8 Å². The molecule has 5 nitrogen and oxygen atoms in total. The Kier molecular flexibility index (Phi) is 4.94. The van der Waals surface area contributed by atoms with E-state index in [0.717, 1.165) is 0 Å². The molecule has 0 radical (unpaired) electrons. The van der Waals surface area contributed by atoms with Gasteiger partial charge < -0.3 is 11.1 Å². The molecule has 3 N–H and O–H groups in total. The number of rotatable bonds is 5. The Bertz CT molecular complexity index is 365. The molecule has 0 aliphatic carbocycles. The molecule has 1 saturated heterocycles. The lowest BCUT2D eigenvalue weighted by Gasteiger charge is -2.16. The zero-order valence-electron chi connectivity index (χ0n) is 10.5. The molecule has 0 aromatic heterocycles. The van der Waals surface area contributed by atoms with Gasteiger partial charge in [0.15, 0.2) is 9.84 Å². The summed E-state index contributed by atoms with van der Waals surface area (Å²) in [6.45, 7) is 4.39. The minimum absolute atomic E-state index is 0.0687. The second-order valence-electron chi connectivity index (χ2n) is 5.19. The Labute approximate surface area is 103 Å². The summed E-state index contributed by atoms with van der Waals surface area (Å²) in [5.41, 5.74) is 5.79. The average Bonchev–Trinajstić information content (AvgIpc) is 2.55. The predicted molar refractivity (Wildman–Crippen MR) is 67.2 cm³/mol. The number of carbonyl (C=O) groups excluding carboxylic acids is 1. The molecular weight excluding hydrogens is 240 g/mol. The van der Waals surface area contributed by atoms with Gasteiger partial charge in [-0.05, 0) is 18.3 Å². The molecule has 6 heteroatoms. The lowest BCUT2D eigenvalue weighted by Crippen LogP contribution is -2.37. The Morgan fingerprint density at radius 1 is 1.47 bits per heavy atom. The highest BCUT2D eigenvalue weighted by molar-refractivity contribution is 7.91. The first-order valence-electron chi connectivity index (χ1n) is 6.03. The third kappa shape index (κ3) is 5.04. The first-order chi connectivity index (χ1) is 7.80. The Morgan fingerprint density at radius 2 is 2.12 bits per heavy atom. The molecule has 1 rings (SSSR count). The molecular formula is C11H22N2O3S. The number of sulfone groups is 1. The molecule has 2 atom stereocenters. The summed E-state index contributed by atoms with van der Waals surface area (Å²) in [5.74, 6) is 0.699. The van der Waals surface area contributed by atoms with Crippen molar-refractivity contribution >= 4 is 15.7 Å². The fraction of sp³-hybridized carbons (Fsp3) is 0.909. The third-order valence-corrected chi connectivity index (χ3v) is 5.03. The summed E-state index contributed by atoms with van der Waals surface area (Å²) in [6, 6.07) is -0.137.